The van der Waals surface area contributed by atoms with Crippen LogP contribution in [0.3, 0.4) is 0 Å². The van der Waals surface area contributed by atoms with Gasteiger partial charge in [-0.15, -0.1) is 11.3 Å². The molecule has 0 aromatic carbocycles. The van der Waals surface area contributed by atoms with E-state index in [1.54, 1.807) is 29.9 Å². The van der Waals surface area contributed by atoms with Crippen LogP contribution in [0.4, 0.5) is 0 Å². The minimum Gasteiger partial charge on any atom is -0.330 e. The van der Waals surface area contributed by atoms with Gasteiger partial charge in [0.05, 0.1) is 11.9 Å². The van der Waals surface area contributed by atoms with E-state index >= 15 is 0 Å². The molecule has 3 rings (SSSR count). The maximum absolute atomic E-state index is 5.67. The Morgan fingerprint density at radius 3 is 3.11 bits per heavy atom. The highest BCUT2D eigenvalue weighted by molar-refractivity contribution is 7.99. The molecule has 92 valence electrons. The van der Waals surface area contributed by atoms with E-state index in [1.165, 1.54) is 11.8 Å². The van der Waals surface area contributed by atoms with Crippen molar-refractivity contribution in [3.05, 3.63) is 35.9 Å². The molecule has 0 amide bonds. The lowest BCUT2D eigenvalue weighted by molar-refractivity contribution is 0.877. The van der Waals surface area contributed by atoms with Gasteiger partial charge in [-0.25, -0.2) is 9.97 Å². The Kier molecular flexibility index (Phi) is 3.26. The van der Waals surface area contributed by atoms with Gasteiger partial charge in [0.2, 0.25) is 0 Å². The van der Waals surface area contributed by atoms with Crippen LogP contribution in [0.15, 0.2) is 40.2 Å². The summed E-state index contributed by atoms with van der Waals surface area (Å²) in [4.78, 5) is 13.9. The molecule has 0 spiro atoms. The zero-order valence-corrected chi connectivity index (χ0v) is 11.1. The molecule has 0 saturated heterocycles. The van der Waals surface area contributed by atoms with Gasteiger partial charge in [-0.1, -0.05) is 0 Å². The monoisotopic (exact) mass is 277 g/mol. The van der Waals surface area contributed by atoms with Crippen molar-refractivity contribution in [3.8, 4) is 0 Å². The van der Waals surface area contributed by atoms with Crippen molar-refractivity contribution in [2.24, 2.45) is 5.73 Å². The summed E-state index contributed by atoms with van der Waals surface area (Å²) >= 11 is 3.15. The second-order valence-electron chi connectivity index (χ2n) is 3.60. The van der Waals surface area contributed by atoms with Crippen LogP contribution >= 0.6 is 23.1 Å². The van der Waals surface area contributed by atoms with Crippen LogP contribution in [0.2, 0.25) is 0 Å². The van der Waals surface area contributed by atoms with E-state index in [4.69, 9.17) is 5.73 Å². The third-order valence-corrected chi connectivity index (χ3v) is 4.14. The van der Waals surface area contributed by atoms with Gasteiger partial charge in [0.1, 0.15) is 10.1 Å². The summed E-state index contributed by atoms with van der Waals surface area (Å²) in [5.41, 5.74) is 6.81. The summed E-state index contributed by atoms with van der Waals surface area (Å²) in [5.74, 6) is 0. The Morgan fingerprint density at radius 1 is 1.39 bits per heavy atom. The largest absolute Gasteiger partial charge is 0.330 e. The molecular formula is C11H11N5S2. The summed E-state index contributed by atoms with van der Waals surface area (Å²) in [6, 6.07) is 0. The van der Waals surface area contributed by atoms with Crippen LogP contribution in [-0.4, -0.2) is 25.9 Å². The van der Waals surface area contributed by atoms with Crippen molar-refractivity contribution in [3.63, 3.8) is 0 Å². The molecule has 0 fully saturated rings. The van der Waals surface area contributed by atoms with Crippen molar-refractivity contribution < 1.29 is 0 Å². The fourth-order valence-corrected chi connectivity index (χ4v) is 3.36. The molecule has 0 aliphatic rings. The highest BCUT2D eigenvalue weighted by Crippen LogP contribution is 2.30. The topological polar surface area (TPSA) is 69.1 Å². The Hall–Kier alpha value is -1.44. The summed E-state index contributed by atoms with van der Waals surface area (Å²) in [6.07, 6.45) is 7.92. The molecule has 2 N–H and O–H groups in total. The molecule has 5 nitrogen and oxygen atoms in total. The quantitative estimate of drug-likeness (QED) is 0.788. The standard InChI is InChI=1S/C11H11N5S2/c12-2-1-8-10(15-11-16(8)5-6-17-11)18-9-7-13-3-4-14-9/h3-7H,1-2,12H2. The molecule has 0 atom stereocenters. The fourth-order valence-electron chi connectivity index (χ4n) is 1.70. The molecule has 0 bridgehead atoms. The van der Waals surface area contributed by atoms with E-state index < -0.39 is 0 Å². The number of rotatable bonds is 4. The molecule has 3 aromatic heterocycles. The van der Waals surface area contributed by atoms with Crippen LogP contribution in [0.5, 0.6) is 0 Å². The Morgan fingerprint density at radius 2 is 2.33 bits per heavy atom. The van der Waals surface area contributed by atoms with E-state index in [0.717, 1.165) is 27.1 Å². The molecule has 0 aliphatic heterocycles. The zero-order chi connectivity index (χ0) is 12.4. The number of aromatic nitrogens is 4. The fraction of sp³-hybridized carbons (Fsp3) is 0.182. The molecule has 0 unspecified atom stereocenters. The second kappa shape index (κ2) is 5.05. The van der Waals surface area contributed by atoms with E-state index in [2.05, 4.69) is 19.4 Å². The summed E-state index contributed by atoms with van der Waals surface area (Å²) in [6.45, 7) is 0.609. The predicted octanol–water partition coefficient (Wildman–Crippen LogP) is 1.84. The van der Waals surface area contributed by atoms with Crippen LogP contribution in [0.1, 0.15) is 5.69 Å². The lowest BCUT2D eigenvalue weighted by Gasteiger charge is -2.01. The smallest absolute Gasteiger partial charge is 0.194 e. The first-order valence-corrected chi connectivity index (χ1v) is 7.16. The van der Waals surface area contributed by atoms with Crippen LogP contribution in [0.25, 0.3) is 4.96 Å². The molecule has 0 saturated carbocycles. The first kappa shape index (κ1) is 11.6. The van der Waals surface area contributed by atoms with Crippen LogP contribution in [0, 0.1) is 0 Å². The number of nitrogens with two attached hydrogens (primary N) is 1. The minimum absolute atomic E-state index is 0.609. The number of hydrogen-bond acceptors (Lipinski definition) is 6. The number of imidazole rings is 1. The third-order valence-electron chi connectivity index (χ3n) is 2.45. The first-order chi connectivity index (χ1) is 8.88. The number of hydrogen-bond donors (Lipinski definition) is 1. The SMILES string of the molecule is NCCc1c(Sc2cnccn2)nc2sccn12. The minimum atomic E-state index is 0.609. The molecule has 0 radical (unpaired) electrons. The second-order valence-corrected chi connectivity index (χ2v) is 5.49. The van der Waals surface area contributed by atoms with Gasteiger partial charge in [0, 0.05) is 30.4 Å². The van der Waals surface area contributed by atoms with Gasteiger partial charge in [-0.3, -0.25) is 9.38 Å². The Balaban J connectivity index is 2.00. The normalized spacial score (nSPS) is 11.2. The highest BCUT2D eigenvalue weighted by Gasteiger charge is 2.14. The van der Waals surface area contributed by atoms with Gasteiger partial charge in [-0.05, 0) is 18.3 Å². The van der Waals surface area contributed by atoms with Crippen molar-refractivity contribution in [1.29, 1.82) is 0 Å². The van der Waals surface area contributed by atoms with Gasteiger partial charge in [0.15, 0.2) is 4.96 Å². The molecule has 0 aliphatic carbocycles. The molecule has 7 heteroatoms. The van der Waals surface area contributed by atoms with Crippen LogP contribution in [-0.2, 0) is 6.42 Å². The lowest BCUT2D eigenvalue weighted by Crippen LogP contribution is -2.05. The van der Waals surface area contributed by atoms with Gasteiger partial charge in [-0.2, -0.15) is 0 Å². The maximum atomic E-state index is 5.67. The van der Waals surface area contributed by atoms with Gasteiger partial charge < -0.3 is 5.73 Å². The van der Waals surface area contributed by atoms with Gasteiger partial charge in [0.25, 0.3) is 0 Å². The average Bonchev–Trinajstić information content (AvgIpc) is 2.95. The molecular weight excluding hydrogens is 266 g/mol. The summed E-state index contributed by atoms with van der Waals surface area (Å²) in [5, 5.41) is 3.84. The predicted molar refractivity (Wildman–Crippen MR) is 72.0 cm³/mol. The average molecular weight is 277 g/mol. The summed E-state index contributed by atoms with van der Waals surface area (Å²) in [7, 11) is 0. The van der Waals surface area contributed by atoms with Crippen molar-refractivity contribution in [2.45, 2.75) is 16.5 Å². The number of nitrogens with zero attached hydrogens (tertiary/aromatic N) is 4. The molecule has 3 aromatic rings. The molecule has 18 heavy (non-hydrogen) atoms. The lowest BCUT2D eigenvalue weighted by atomic mass is 10.3. The van der Waals surface area contributed by atoms with Crippen molar-refractivity contribution in [1.82, 2.24) is 19.4 Å². The highest BCUT2D eigenvalue weighted by atomic mass is 32.2. The van der Waals surface area contributed by atoms with E-state index in [0.29, 0.717) is 6.54 Å². The zero-order valence-electron chi connectivity index (χ0n) is 9.48. The van der Waals surface area contributed by atoms with E-state index in [9.17, 15) is 0 Å². The van der Waals surface area contributed by atoms with Crippen molar-refractivity contribution >= 4 is 28.1 Å². The number of fused-ring (bicyclic) bond motifs is 1. The summed E-state index contributed by atoms with van der Waals surface area (Å²) < 4.78 is 2.09. The van der Waals surface area contributed by atoms with Gasteiger partial charge >= 0.3 is 0 Å². The van der Waals surface area contributed by atoms with E-state index in [1.807, 2.05) is 11.6 Å². The van der Waals surface area contributed by atoms with Crippen molar-refractivity contribution in [2.75, 3.05) is 6.54 Å². The molecule has 3 heterocycles. The number of thiazole rings is 1. The van der Waals surface area contributed by atoms with E-state index in [-0.39, 0.29) is 0 Å². The maximum Gasteiger partial charge on any atom is 0.194 e. The third kappa shape index (κ3) is 2.12. The first-order valence-electron chi connectivity index (χ1n) is 5.47. The Labute approximate surface area is 112 Å². The van der Waals surface area contributed by atoms with Crippen LogP contribution < -0.4 is 5.73 Å². The Bertz CT molecular complexity index is 646.